The number of amides is 1. The maximum atomic E-state index is 13.3. The normalized spacial score (nSPS) is 16.1. The third kappa shape index (κ3) is 4.81. The SMILES string of the molecule is CCC(NC(=O)Cc1ccc(-c2ccc3c(=O)c(-c4ncc[nH]4)c(N)n(CC)c3n2)c(C)c1)C1CCCN1. The molecular weight excluding hydrogens is 478 g/mol. The Morgan fingerprint density at radius 1 is 1.26 bits per heavy atom. The number of aryl methyl sites for hydroxylation is 2. The van der Waals surface area contributed by atoms with Crippen LogP contribution in [0, 0.1) is 6.92 Å². The van der Waals surface area contributed by atoms with E-state index in [0.717, 1.165) is 48.2 Å². The molecule has 0 bridgehead atoms. The summed E-state index contributed by atoms with van der Waals surface area (Å²) in [5.74, 6) is 0.818. The Kier molecular flexibility index (Phi) is 7.28. The number of hydrogen-bond acceptors (Lipinski definition) is 6. The van der Waals surface area contributed by atoms with Crippen molar-refractivity contribution in [3.63, 3.8) is 0 Å². The quantitative estimate of drug-likeness (QED) is 0.285. The molecule has 198 valence electrons. The fraction of sp³-hybridized carbons (Fsp3) is 0.379. The average Bonchev–Trinajstić information content (AvgIpc) is 3.63. The minimum atomic E-state index is -0.201. The number of imidazole rings is 1. The van der Waals surface area contributed by atoms with Crippen molar-refractivity contribution >= 4 is 22.8 Å². The number of hydrogen-bond donors (Lipinski definition) is 4. The summed E-state index contributed by atoms with van der Waals surface area (Å²) in [5, 5.41) is 7.20. The lowest BCUT2D eigenvalue weighted by molar-refractivity contribution is -0.121. The number of aromatic nitrogens is 4. The van der Waals surface area contributed by atoms with Crippen LogP contribution < -0.4 is 21.8 Å². The van der Waals surface area contributed by atoms with Crippen molar-refractivity contribution < 1.29 is 4.79 Å². The zero-order valence-corrected chi connectivity index (χ0v) is 22.2. The number of H-pyrrole nitrogens is 1. The van der Waals surface area contributed by atoms with E-state index in [2.05, 4.69) is 27.5 Å². The molecule has 1 aliphatic rings. The molecule has 5 N–H and O–H groups in total. The number of benzene rings is 1. The van der Waals surface area contributed by atoms with Crippen molar-refractivity contribution in [2.75, 3.05) is 12.3 Å². The third-order valence-corrected chi connectivity index (χ3v) is 7.50. The number of nitrogen functional groups attached to an aromatic ring is 1. The number of fused-ring (bicyclic) bond motifs is 1. The summed E-state index contributed by atoms with van der Waals surface area (Å²) in [5.41, 5.74) is 10.8. The van der Waals surface area contributed by atoms with Crippen LogP contribution in [0.25, 0.3) is 33.7 Å². The van der Waals surface area contributed by atoms with Gasteiger partial charge in [-0.2, -0.15) is 0 Å². The molecule has 2 atom stereocenters. The van der Waals surface area contributed by atoms with Gasteiger partial charge in [0.25, 0.3) is 0 Å². The Morgan fingerprint density at radius 2 is 2.11 bits per heavy atom. The van der Waals surface area contributed by atoms with Gasteiger partial charge in [0.15, 0.2) is 0 Å². The Bertz CT molecular complexity index is 1520. The fourth-order valence-electron chi connectivity index (χ4n) is 5.54. The Balaban J connectivity index is 1.42. The molecule has 0 spiro atoms. The minimum Gasteiger partial charge on any atom is -0.384 e. The molecule has 9 heteroatoms. The van der Waals surface area contributed by atoms with Crippen LogP contribution in [-0.4, -0.2) is 44.1 Å². The lowest BCUT2D eigenvalue weighted by Crippen LogP contribution is -2.47. The molecule has 1 aliphatic heterocycles. The van der Waals surface area contributed by atoms with Crippen LogP contribution in [0.1, 0.15) is 44.2 Å². The van der Waals surface area contributed by atoms with Crippen molar-refractivity contribution in [1.82, 2.24) is 30.2 Å². The van der Waals surface area contributed by atoms with E-state index in [9.17, 15) is 9.59 Å². The highest BCUT2D eigenvalue weighted by Crippen LogP contribution is 2.28. The van der Waals surface area contributed by atoms with Crippen molar-refractivity contribution in [2.45, 2.75) is 65.1 Å². The van der Waals surface area contributed by atoms with Gasteiger partial charge in [0.1, 0.15) is 22.9 Å². The standard InChI is InChI=1S/C29H35N7O2/c1-4-21(23-7-6-12-31-23)34-24(37)16-18-8-9-19(17(3)15-18)22-11-10-20-26(38)25(28-32-13-14-33-28)27(30)36(5-2)29(20)35-22/h8-11,13-15,21,23,31H,4-7,12,16,30H2,1-3H3,(H,32,33)(H,34,37). The van der Waals surface area contributed by atoms with Gasteiger partial charge in [0.2, 0.25) is 11.3 Å². The molecule has 2 unspecified atom stereocenters. The summed E-state index contributed by atoms with van der Waals surface area (Å²) in [6.45, 7) is 7.67. The van der Waals surface area contributed by atoms with Crippen molar-refractivity contribution in [1.29, 1.82) is 0 Å². The molecule has 4 aromatic rings. The largest absolute Gasteiger partial charge is 0.384 e. The second kappa shape index (κ2) is 10.8. The molecule has 3 aromatic heterocycles. The van der Waals surface area contributed by atoms with Gasteiger partial charge in [-0.1, -0.05) is 25.1 Å². The van der Waals surface area contributed by atoms with Gasteiger partial charge < -0.3 is 25.9 Å². The maximum absolute atomic E-state index is 13.3. The predicted molar refractivity (Wildman–Crippen MR) is 151 cm³/mol. The number of nitrogens with zero attached hydrogens (tertiary/aromatic N) is 3. The third-order valence-electron chi connectivity index (χ3n) is 7.50. The minimum absolute atomic E-state index is 0.0383. The average molecular weight is 514 g/mol. The van der Waals surface area contributed by atoms with Gasteiger partial charge >= 0.3 is 0 Å². The second-order valence-corrected chi connectivity index (χ2v) is 9.95. The van der Waals surface area contributed by atoms with Gasteiger partial charge in [-0.05, 0) is 62.9 Å². The number of rotatable bonds is 8. The van der Waals surface area contributed by atoms with Crippen LogP contribution >= 0.6 is 0 Å². The van der Waals surface area contributed by atoms with Gasteiger partial charge in [-0.25, -0.2) is 9.97 Å². The number of pyridine rings is 2. The molecule has 1 aromatic carbocycles. The number of aromatic amines is 1. The van der Waals surface area contributed by atoms with E-state index >= 15 is 0 Å². The molecule has 5 rings (SSSR count). The van der Waals surface area contributed by atoms with E-state index in [1.54, 1.807) is 18.5 Å². The zero-order chi connectivity index (χ0) is 26.8. The van der Waals surface area contributed by atoms with Crippen LogP contribution in [-0.2, 0) is 17.8 Å². The highest BCUT2D eigenvalue weighted by atomic mass is 16.1. The summed E-state index contributed by atoms with van der Waals surface area (Å²) in [6, 6.07) is 10.2. The summed E-state index contributed by atoms with van der Waals surface area (Å²) < 4.78 is 1.84. The highest BCUT2D eigenvalue weighted by Gasteiger charge is 2.24. The lowest BCUT2D eigenvalue weighted by Gasteiger charge is -2.23. The number of carbonyl (C=O) groups is 1. The molecule has 0 saturated carbocycles. The van der Waals surface area contributed by atoms with Gasteiger partial charge in [-0.3, -0.25) is 9.59 Å². The summed E-state index contributed by atoms with van der Waals surface area (Å²) in [4.78, 5) is 38.2. The van der Waals surface area contributed by atoms with E-state index in [-0.39, 0.29) is 17.4 Å². The molecule has 1 saturated heterocycles. The summed E-state index contributed by atoms with van der Waals surface area (Å²) >= 11 is 0. The van der Waals surface area contributed by atoms with Gasteiger partial charge in [0, 0.05) is 36.6 Å². The molecule has 0 aliphatic carbocycles. The first kappa shape index (κ1) is 25.7. The van der Waals surface area contributed by atoms with Crippen LogP contribution in [0.4, 0.5) is 5.82 Å². The number of nitrogens with two attached hydrogens (primary N) is 1. The topological polar surface area (TPSA) is 131 Å². The molecular formula is C29H35N7O2. The maximum Gasteiger partial charge on any atom is 0.224 e. The van der Waals surface area contributed by atoms with Crippen molar-refractivity contribution in [3.05, 3.63) is 64.1 Å². The molecule has 1 fully saturated rings. The Labute approximate surface area is 221 Å². The molecule has 9 nitrogen and oxygen atoms in total. The predicted octanol–water partition coefficient (Wildman–Crippen LogP) is 3.55. The Morgan fingerprint density at radius 3 is 2.76 bits per heavy atom. The van der Waals surface area contributed by atoms with Crippen LogP contribution in [0.5, 0.6) is 0 Å². The van der Waals surface area contributed by atoms with Crippen molar-refractivity contribution in [3.8, 4) is 22.6 Å². The molecule has 1 amide bonds. The first-order chi connectivity index (χ1) is 18.4. The van der Waals surface area contributed by atoms with Crippen LogP contribution in [0.15, 0.2) is 47.5 Å². The summed E-state index contributed by atoms with van der Waals surface area (Å²) in [7, 11) is 0. The molecule has 0 radical (unpaired) electrons. The smallest absolute Gasteiger partial charge is 0.224 e. The van der Waals surface area contributed by atoms with Crippen molar-refractivity contribution in [2.24, 2.45) is 0 Å². The van der Waals surface area contributed by atoms with E-state index in [1.165, 1.54) is 0 Å². The van der Waals surface area contributed by atoms with Gasteiger partial charge in [0.05, 0.1) is 17.5 Å². The van der Waals surface area contributed by atoms with Crippen LogP contribution in [0.2, 0.25) is 0 Å². The van der Waals surface area contributed by atoms with E-state index in [0.29, 0.717) is 47.2 Å². The first-order valence-electron chi connectivity index (χ1n) is 13.4. The summed E-state index contributed by atoms with van der Waals surface area (Å²) in [6.07, 6.45) is 6.77. The van der Waals surface area contributed by atoms with E-state index in [4.69, 9.17) is 10.7 Å². The first-order valence-corrected chi connectivity index (χ1v) is 13.4. The van der Waals surface area contributed by atoms with Crippen LogP contribution in [0.3, 0.4) is 0 Å². The number of nitrogens with one attached hydrogen (secondary N) is 3. The monoisotopic (exact) mass is 513 g/mol. The van der Waals surface area contributed by atoms with Gasteiger partial charge in [-0.15, -0.1) is 0 Å². The fourth-order valence-corrected chi connectivity index (χ4v) is 5.54. The van der Waals surface area contributed by atoms with E-state index in [1.807, 2.05) is 42.7 Å². The zero-order valence-electron chi connectivity index (χ0n) is 22.2. The number of anilines is 1. The van der Waals surface area contributed by atoms with E-state index < -0.39 is 0 Å². The molecule has 38 heavy (non-hydrogen) atoms. The molecule has 4 heterocycles. The lowest BCUT2D eigenvalue weighted by atomic mass is 9.99. The second-order valence-electron chi connectivity index (χ2n) is 9.95. The highest BCUT2D eigenvalue weighted by molar-refractivity contribution is 5.87. The number of carbonyl (C=O) groups excluding carboxylic acids is 1. The Hall–Kier alpha value is -3.98.